The molecule has 74 valence electrons. The van der Waals surface area contributed by atoms with E-state index in [0.29, 0.717) is 0 Å². The van der Waals surface area contributed by atoms with Crippen LogP contribution in [0.5, 0.6) is 0 Å². The highest BCUT2D eigenvalue weighted by Crippen LogP contribution is 2.33. The molecule has 0 aromatic heterocycles. The largest absolute Gasteiger partial charge is 0.547 e. The van der Waals surface area contributed by atoms with Crippen LogP contribution in [-0.4, -0.2) is 8.32 Å². The molecule has 0 aliphatic heterocycles. The van der Waals surface area contributed by atoms with E-state index in [-0.39, 0.29) is 0 Å². The van der Waals surface area contributed by atoms with Crippen LogP contribution < -0.4 is 0 Å². The maximum Gasteiger partial charge on any atom is 0.241 e. The van der Waals surface area contributed by atoms with E-state index in [2.05, 4.69) is 40.4 Å². The number of hydrogen-bond acceptors (Lipinski definition) is 1. The topological polar surface area (TPSA) is 9.23 Å². The van der Waals surface area contributed by atoms with E-state index in [0.717, 1.165) is 6.42 Å². The van der Waals surface area contributed by atoms with Crippen LogP contribution in [0, 0.1) is 0 Å². The number of rotatable bonds is 2. The lowest BCUT2D eigenvalue weighted by atomic mass is 10.1. The van der Waals surface area contributed by atoms with Gasteiger partial charge in [0.2, 0.25) is 8.32 Å². The summed E-state index contributed by atoms with van der Waals surface area (Å²) in [6.45, 7) is 13.2. The Bertz CT molecular complexity index is 279. The Morgan fingerprint density at radius 1 is 1.00 bits per heavy atom. The third-order valence-corrected chi connectivity index (χ3v) is 3.33. The Morgan fingerprint density at radius 2 is 1.54 bits per heavy atom. The second-order valence-electron chi connectivity index (χ2n) is 4.84. The molecule has 13 heavy (non-hydrogen) atoms. The van der Waals surface area contributed by atoms with Gasteiger partial charge in [-0.05, 0) is 51.6 Å². The molecular formula is C11H20OSi. The molecule has 0 aromatic carbocycles. The highest BCUT2D eigenvalue weighted by molar-refractivity contribution is 6.70. The minimum Gasteiger partial charge on any atom is -0.547 e. The zero-order valence-corrected chi connectivity index (χ0v) is 10.6. The van der Waals surface area contributed by atoms with Gasteiger partial charge in [0, 0.05) is 6.42 Å². The van der Waals surface area contributed by atoms with Crippen molar-refractivity contribution >= 4 is 8.32 Å². The first kappa shape index (κ1) is 10.6. The molecule has 0 spiro atoms. The smallest absolute Gasteiger partial charge is 0.241 e. The van der Waals surface area contributed by atoms with Gasteiger partial charge in [-0.3, -0.25) is 0 Å². The van der Waals surface area contributed by atoms with E-state index < -0.39 is 8.32 Å². The molecule has 0 unspecified atom stereocenters. The predicted molar refractivity (Wildman–Crippen MR) is 60.1 cm³/mol. The van der Waals surface area contributed by atoms with Crippen LogP contribution in [0.4, 0.5) is 0 Å². The molecule has 0 amide bonds. The van der Waals surface area contributed by atoms with Gasteiger partial charge >= 0.3 is 0 Å². The first-order chi connectivity index (χ1) is 5.81. The summed E-state index contributed by atoms with van der Waals surface area (Å²) in [7, 11) is -1.41. The van der Waals surface area contributed by atoms with E-state index in [1.807, 2.05) is 0 Å². The quantitative estimate of drug-likeness (QED) is 0.610. The molecule has 1 aliphatic carbocycles. The standard InChI is InChI=1S/C11H20OSi/c1-8-7-11(10(3)9(8)2)12-13(4,5)6/h7H2,1-6H3. The molecule has 1 rings (SSSR count). The summed E-state index contributed by atoms with van der Waals surface area (Å²) in [4.78, 5) is 0. The molecule has 0 bridgehead atoms. The Hall–Kier alpha value is -0.503. The van der Waals surface area contributed by atoms with Gasteiger partial charge in [-0.1, -0.05) is 5.57 Å². The lowest BCUT2D eigenvalue weighted by Crippen LogP contribution is -2.24. The van der Waals surface area contributed by atoms with Crippen LogP contribution in [0.1, 0.15) is 27.2 Å². The van der Waals surface area contributed by atoms with Crippen LogP contribution >= 0.6 is 0 Å². The van der Waals surface area contributed by atoms with Crippen molar-refractivity contribution < 1.29 is 4.43 Å². The van der Waals surface area contributed by atoms with Crippen LogP contribution in [-0.2, 0) is 4.43 Å². The van der Waals surface area contributed by atoms with Crippen LogP contribution in [0.2, 0.25) is 19.6 Å². The maximum absolute atomic E-state index is 6.03. The molecule has 0 aromatic rings. The van der Waals surface area contributed by atoms with Gasteiger partial charge < -0.3 is 4.43 Å². The molecule has 0 heterocycles. The summed E-state index contributed by atoms with van der Waals surface area (Å²) in [5, 5.41) is 0. The lowest BCUT2D eigenvalue weighted by molar-refractivity contribution is 0.408. The summed E-state index contributed by atoms with van der Waals surface area (Å²) >= 11 is 0. The van der Waals surface area contributed by atoms with Gasteiger partial charge in [-0.25, -0.2) is 0 Å². The zero-order chi connectivity index (χ0) is 10.2. The van der Waals surface area contributed by atoms with Crippen molar-refractivity contribution in [2.45, 2.75) is 46.8 Å². The molecule has 1 nitrogen and oxygen atoms in total. The molecule has 0 atom stereocenters. The summed E-state index contributed by atoms with van der Waals surface area (Å²) in [6.07, 6.45) is 1.03. The van der Waals surface area contributed by atoms with Crippen molar-refractivity contribution in [3.05, 3.63) is 22.5 Å². The normalized spacial score (nSPS) is 18.6. The fourth-order valence-corrected chi connectivity index (χ4v) is 2.48. The number of allylic oxidation sites excluding steroid dienone is 3. The molecule has 0 saturated carbocycles. The first-order valence-electron chi connectivity index (χ1n) is 4.87. The van der Waals surface area contributed by atoms with Gasteiger partial charge in [0.15, 0.2) is 0 Å². The molecule has 0 saturated heterocycles. The van der Waals surface area contributed by atoms with E-state index in [1.165, 1.54) is 22.5 Å². The molecule has 1 aliphatic rings. The van der Waals surface area contributed by atoms with Crippen molar-refractivity contribution in [1.29, 1.82) is 0 Å². The van der Waals surface area contributed by atoms with Crippen LogP contribution in [0.15, 0.2) is 22.5 Å². The third-order valence-electron chi connectivity index (χ3n) is 2.48. The Labute approximate surface area is 82.6 Å². The van der Waals surface area contributed by atoms with E-state index in [1.54, 1.807) is 0 Å². The van der Waals surface area contributed by atoms with Crippen molar-refractivity contribution in [2.24, 2.45) is 0 Å². The Kier molecular flexibility index (Phi) is 2.71. The highest BCUT2D eigenvalue weighted by Gasteiger charge is 2.23. The second kappa shape index (κ2) is 3.33. The molecule has 0 fully saturated rings. The van der Waals surface area contributed by atoms with E-state index >= 15 is 0 Å². The third kappa shape index (κ3) is 2.47. The Morgan fingerprint density at radius 3 is 1.85 bits per heavy atom. The Balaban J connectivity index is 2.78. The van der Waals surface area contributed by atoms with Crippen molar-refractivity contribution in [3.63, 3.8) is 0 Å². The first-order valence-corrected chi connectivity index (χ1v) is 8.27. The molecule has 0 radical (unpaired) electrons. The highest BCUT2D eigenvalue weighted by atomic mass is 28.4. The second-order valence-corrected chi connectivity index (χ2v) is 9.27. The van der Waals surface area contributed by atoms with Gasteiger partial charge in [-0.2, -0.15) is 0 Å². The molecule has 2 heteroatoms. The fourth-order valence-electron chi connectivity index (χ4n) is 1.52. The van der Waals surface area contributed by atoms with Crippen LogP contribution in [0.3, 0.4) is 0 Å². The van der Waals surface area contributed by atoms with Gasteiger partial charge in [0.25, 0.3) is 0 Å². The van der Waals surface area contributed by atoms with Gasteiger partial charge in [0.1, 0.15) is 0 Å². The van der Waals surface area contributed by atoms with Crippen molar-refractivity contribution in [2.75, 3.05) is 0 Å². The van der Waals surface area contributed by atoms with Gasteiger partial charge in [0.05, 0.1) is 5.76 Å². The maximum atomic E-state index is 6.03. The average molecular weight is 196 g/mol. The van der Waals surface area contributed by atoms with E-state index in [9.17, 15) is 0 Å². The number of hydrogen-bond donors (Lipinski definition) is 0. The summed E-state index contributed by atoms with van der Waals surface area (Å²) < 4.78 is 6.03. The predicted octanol–water partition coefficient (Wildman–Crippen LogP) is 3.85. The van der Waals surface area contributed by atoms with Crippen molar-refractivity contribution in [1.82, 2.24) is 0 Å². The van der Waals surface area contributed by atoms with Crippen molar-refractivity contribution in [3.8, 4) is 0 Å². The fraction of sp³-hybridized carbons (Fsp3) is 0.636. The summed E-state index contributed by atoms with van der Waals surface area (Å²) in [6, 6.07) is 0. The zero-order valence-electron chi connectivity index (χ0n) is 9.62. The monoisotopic (exact) mass is 196 g/mol. The minimum atomic E-state index is -1.41. The lowest BCUT2D eigenvalue weighted by Gasteiger charge is -2.21. The summed E-state index contributed by atoms with van der Waals surface area (Å²) in [5.74, 6) is 1.22. The summed E-state index contributed by atoms with van der Waals surface area (Å²) in [5.41, 5.74) is 4.25. The molecular weight excluding hydrogens is 176 g/mol. The molecule has 0 N–H and O–H groups in total. The SMILES string of the molecule is CC1=C(C)C(C)=C(O[Si](C)(C)C)C1. The average Bonchev–Trinajstić information content (AvgIpc) is 2.15. The van der Waals surface area contributed by atoms with Gasteiger partial charge in [-0.15, -0.1) is 0 Å². The van der Waals surface area contributed by atoms with Crippen LogP contribution in [0.25, 0.3) is 0 Å². The van der Waals surface area contributed by atoms with E-state index in [4.69, 9.17) is 4.43 Å². The minimum absolute atomic E-state index is 1.03.